The van der Waals surface area contributed by atoms with Gasteiger partial charge in [0.1, 0.15) is 5.75 Å². The fourth-order valence-electron chi connectivity index (χ4n) is 3.04. The molecule has 1 aromatic carbocycles. The number of hydrogen-bond acceptors (Lipinski definition) is 4. The van der Waals surface area contributed by atoms with Crippen LogP contribution < -0.4 is 10.5 Å². The molecule has 0 aliphatic heterocycles. The van der Waals surface area contributed by atoms with Crippen LogP contribution in [-0.4, -0.2) is 12.1 Å². The standard InChI is InChI=1S/C16H20N2OS/c1-19-15-9-12(14-10-20-16(17)18-14)7-8-13(15)11-5-3-2-4-6-11/h7-11H,2-6H2,1H3,(H2,17,18). The SMILES string of the molecule is COc1cc(-c2csc(N)n2)ccc1C1CCCCC1. The summed E-state index contributed by atoms with van der Waals surface area (Å²) in [5.41, 5.74) is 9.07. The van der Waals surface area contributed by atoms with Crippen LogP contribution in [0.5, 0.6) is 5.75 Å². The topological polar surface area (TPSA) is 48.1 Å². The summed E-state index contributed by atoms with van der Waals surface area (Å²) >= 11 is 1.47. The van der Waals surface area contributed by atoms with Gasteiger partial charge in [-0.1, -0.05) is 31.4 Å². The van der Waals surface area contributed by atoms with Gasteiger partial charge in [0.05, 0.1) is 12.8 Å². The predicted octanol–water partition coefficient (Wildman–Crippen LogP) is 4.45. The molecule has 1 aromatic heterocycles. The Morgan fingerprint density at radius 3 is 2.70 bits per heavy atom. The van der Waals surface area contributed by atoms with E-state index in [4.69, 9.17) is 10.5 Å². The van der Waals surface area contributed by atoms with Crippen molar-refractivity contribution in [2.45, 2.75) is 38.0 Å². The zero-order valence-corrected chi connectivity index (χ0v) is 12.6. The maximum Gasteiger partial charge on any atom is 0.180 e. The molecule has 1 aliphatic carbocycles. The molecule has 0 amide bonds. The molecule has 3 rings (SSSR count). The van der Waals surface area contributed by atoms with Crippen molar-refractivity contribution in [2.75, 3.05) is 12.8 Å². The summed E-state index contributed by atoms with van der Waals surface area (Å²) in [4.78, 5) is 4.34. The molecule has 0 bridgehead atoms. The third kappa shape index (κ3) is 2.66. The molecule has 20 heavy (non-hydrogen) atoms. The Labute approximate surface area is 123 Å². The van der Waals surface area contributed by atoms with Crippen LogP contribution in [0.1, 0.15) is 43.6 Å². The molecule has 0 radical (unpaired) electrons. The van der Waals surface area contributed by atoms with E-state index in [0.717, 1.165) is 17.0 Å². The monoisotopic (exact) mass is 288 g/mol. The van der Waals surface area contributed by atoms with E-state index in [-0.39, 0.29) is 0 Å². The molecule has 2 aromatic rings. The number of benzene rings is 1. The molecule has 1 fully saturated rings. The summed E-state index contributed by atoms with van der Waals surface area (Å²) in [5.74, 6) is 1.63. The number of nitrogens with two attached hydrogens (primary N) is 1. The molecular weight excluding hydrogens is 268 g/mol. The van der Waals surface area contributed by atoms with E-state index in [2.05, 4.69) is 23.2 Å². The molecule has 106 valence electrons. The number of nitrogen functional groups attached to an aromatic ring is 1. The molecule has 0 saturated heterocycles. The van der Waals surface area contributed by atoms with Crippen LogP contribution in [0.2, 0.25) is 0 Å². The number of hydrogen-bond donors (Lipinski definition) is 1. The fourth-order valence-corrected chi connectivity index (χ4v) is 3.61. The first-order valence-electron chi connectivity index (χ1n) is 7.17. The summed E-state index contributed by atoms with van der Waals surface area (Å²) in [6, 6.07) is 6.44. The first kappa shape index (κ1) is 13.4. The molecule has 0 spiro atoms. The average molecular weight is 288 g/mol. The van der Waals surface area contributed by atoms with Crippen LogP contribution in [0.25, 0.3) is 11.3 Å². The first-order valence-corrected chi connectivity index (χ1v) is 8.05. The Kier molecular flexibility index (Phi) is 3.92. The van der Waals surface area contributed by atoms with Gasteiger partial charge in [-0.3, -0.25) is 0 Å². The lowest BCUT2D eigenvalue weighted by Crippen LogP contribution is -2.06. The summed E-state index contributed by atoms with van der Waals surface area (Å²) in [6.07, 6.45) is 6.59. The number of aromatic nitrogens is 1. The van der Waals surface area contributed by atoms with E-state index >= 15 is 0 Å². The summed E-state index contributed by atoms with van der Waals surface area (Å²) in [5, 5.41) is 2.60. The number of ether oxygens (including phenoxy) is 1. The van der Waals surface area contributed by atoms with Gasteiger partial charge < -0.3 is 10.5 Å². The second kappa shape index (κ2) is 5.83. The fraction of sp³-hybridized carbons (Fsp3) is 0.438. The second-order valence-corrected chi connectivity index (χ2v) is 6.25. The van der Waals surface area contributed by atoms with E-state index < -0.39 is 0 Å². The Morgan fingerprint density at radius 2 is 2.05 bits per heavy atom. The Balaban J connectivity index is 1.93. The maximum atomic E-state index is 5.71. The van der Waals surface area contributed by atoms with Crippen molar-refractivity contribution in [3.8, 4) is 17.0 Å². The maximum absolute atomic E-state index is 5.71. The highest BCUT2D eigenvalue weighted by Gasteiger charge is 2.19. The van der Waals surface area contributed by atoms with Crippen molar-refractivity contribution >= 4 is 16.5 Å². The molecule has 0 atom stereocenters. The highest BCUT2D eigenvalue weighted by Crippen LogP contribution is 2.39. The normalized spacial score (nSPS) is 16.2. The van der Waals surface area contributed by atoms with Gasteiger partial charge in [0, 0.05) is 10.9 Å². The number of methoxy groups -OCH3 is 1. The summed E-state index contributed by atoms with van der Waals surface area (Å²) < 4.78 is 5.61. The van der Waals surface area contributed by atoms with Gasteiger partial charge in [-0.25, -0.2) is 4.98 Å². The van der Waals surface area contributed by atoms with Gasteiger partial charge in [0.15, 0.2) is 5.13 Å². The van der Waals surface area contributed by atoms with Crippen LogP contribution in [0.15, 0.2) is 23.6 Å². The van der Waals surface area contributed by atoms with Gasteiger partial charge in [-0.2, -0.15) is 0 Å². The van der Waals surface area contributed by atoms with Crippen LogP contribution in [0, 0.1) is 0 Å². The summed E-state index contributed by atoms with van der Waals surface area (Å²) in [7, 11) is 1.75. The Morgan fingerprint density at radius 1 is 1.25 bits per heavy atom. The number of thiazole rings is 1. The van der Waals surface area contributed by atoms with Crippen LogP contribution in [0.3, 0.4) is 0 Å². The van der Waals surface area contributed by atoms with Crippen molar-refractivity contribution in [2.24, 2.45) is 0 Å². The second-order valence-electron chi connectivity index (χ2n) is 5.36. The van der Waals surface area contributed by atoms with Crippen molar-refractivity contribution in [3.63, 3.8) is 0 Å². The number of rotatable bonds is 3. The highest BCUT2D eigenvalue weighted by molar-refractivity contribution is 7.13. The third-order valence-corrected chi connectivity index (χ3v) is 4.77. The van der Waals surface area contributed by atoms with Crippen LogP contribution >= 0.6 is 11.3 Å². The predicted molar refractivity (Wildman–Crippen MR) is 84.3 cm³/mol. The van der Waals surface area contributed by atoms with E-state index in [0.29, 0.717) is 11.0 Å². The Bertz CT molecular complexity index is 588. The van der Waals surface area contributed by atoms with E-state index in [1.165, 1.54) is 49.0 Å². The van der Waals surface area contributed by atoms with Crippen molar-refractivity contribution in [1.29, 1.82) is 0 Å². The van der Waals surface area contributed by atoms with Gasteiger partial charge in [0.2, 0.25) is 0 Å². The van der Waals surface area contributed by atoms with E-state index in [9.17, 15) is 0 Å². The highest BCUT2D eigenvalue weighted by atomic mass is 32.1. The van der Waals surface area contributed by atoms with Crippen LogP contribution in [-0.2, 0) is 0 Å². The third-order valence-electron chi connectivity index (χ3n) is 4.10. The minimum Gasteiger partial charge on any atom is -0.496 e. The van der Waals surface area contributed by atoms with E-state index in [1.54, 1.807) is 7.11 Å². The van der Waals surface area contributed by atoms with Gasteiger partial charge in [-0.15, -0.1) is 11.3 Å². The zero-order valence-electron chi connectivity index (χ0n) is 11.8. The van der Waals surface area contributed by atoms with Gasteiger partial charge in [0.25, 0.3) is 0 Å². The lowest BCUT2D eigenvalue weighted by atomic mass is 9.83. The molecule has 1 heterocycles. The molecule has 3 nitrogen and oxygen atoms in total. The number of anilines is 1. The Hall–Kier alpha value is -1.55. The molecule has 1 saturated carbocycles. The largest absolute Gasteiger partial charge is 0.496 e. The summed E-state index contributed by atoms with van der Waals surface area (Å²) in [6.45, 7) is 0. The molecule has 1 aliphatic rings. The molecule has 2 N–H and O–H groups in total. The first-order chi connectivity index (χ1) is 9.78. The molecular formula is C16H20N2OS. The van der Waals surface area contributed by atoms with Gasteiger partial charge in [-0.05, 0) is 30.4 Å². The van der Waals surface area contributed by atoms with Crippen molar-refractivity contribution in [3.05, 3.63) is 29.1 Å². The minimum atomic E-state index is 0.607. The number of nitrogens with zero attached hydrogens (tertiary/aromatic N) is 1. The van der Waals surface area contributed by atoms with E-state index in [1.807, 2.05) is 5.38 Å². The van der Waals surface area contributed by atoms with Gasteiger partial charge >= 0.3 is 0 Å². The average Bonchev–Trinajstić information content (AvgIpc) is 2.94. The van der Waals surface area contributed by atoms with Crippen molar-refractivity contribution in [1.82, 2.24) is 4.98 Å². The van der Waals surface area contributed by atoms with Crippen molar-refractivity contribution < 1.29 is 4.74 Å². The quantitative estimate of drug-likeness (QED) is 0.907. The minimum absolute atomic E-state index is 0.607. The van der Waals surface area contributed by atoms with Crippen LogP contribution in [0.4, 0.5) is 5.13 Å². The zero-order chi connectivity index (χ0) is 13.9. The molecule has 0 unspecified atom stereocenters. The lowest BCUT2D eigenvalue weighted by Gasteiger charge is -2.24. The lowest BCUT2D eigenvalue weighted by molar-refractivity contribution is 0.387. The smallest absolute Gasteiger partial charge is 0.180 e. The molecule has 4 heteroatoms.